The van der Waals surface area contributed by atoms with Crippen molar-refractivity contribution in [3.63, 3.8) is 0 Å². The van der Waals surface area contributed by atoms with Gasteiger partial charge in [-0.05, 0) is 73.0 Å². The highest BCUT2D eigenvalue weighted by molar-refractivity contribution is 5.22. The maximum absolute atomic E-state index is 1.68. The fourth-order valence-corrected chi connectivity index (χ4v) is 6.93. The SMILES string of the molecule is C1CCC2C(C1)CC13CC(CC21)[C@@H]1C[C@@H]13. The van der Waals surface area contributed by atoms with Crippen LogP contribution in [-0.4, -0.2) is 0 Å². The molecule has 82 valence electrons. The van der Waals surface area contributed by atoms with Crippen LogP contribution in [0.4, 0.5) is 0 Å². The third kappa shape index (κ3) is 0.775. The Labute approximate surface area is 92.8 Å². The summed E-state index contributed by atoms with van der Waals surface area (Å²) in [5.74, 6) is 7.29. The molecule has 5 aliphatic carbocycles. The predicted octanol–water partition coefficient (Wildman–Crippen LogP) is 3.86. The molecule has 5 saturated carbocycles. The Morgan fingerprint density at radius 1 is 0.733 bits per heavy atom. The Bertz CT molecular complexity index is 320. The van der Waals surface area contributed by atoms with E-state index >= 15 is 0 Å². The fourth-order valence-electron chi connectivity index (χ4n) is 6.93. The molecule has 5 aliphatic rings. The summed E-state index contributed by atoms with van der Waals surface area (Å²) in [6, 6.07) is 0. The molecule has 0 N–H and O–H groups in total. The smallest absolute Gasteiger partial charge is 0.0230 e. The Kier molecular flexibility index (Phi) is 1.25. The molecule has 5 unspecified atom stereocenters. The molecule has 0 aromatic rings. The number of rotatable bonds is 0. The Balaban J connectivity index is 1.58. The van der Waals surface area contributed by atoms with E-state index in [-0.39, 0.29) is 0 Å². The quantitative estimate of drug-likeness (QED) is 0.559. The summed E-state index contributed by atoms with van der Waals surface area (Å²) < 4.78 is 0. The van der Waals surface area contributed by atoms with Crippen LogP contribution in [0.15, 0.2) is 0 Å². The van der Waals surface area contributed by atoms with Crippen molar-refractivity contribution in [2.24, 2.45) is 40.9 Å². The second-order valence-electron chi connectivity index (χ2n) is 7.46. The van der Waals surface area contributed by atoms with E-state index in [0.717, 1.165) is 5.41 Å². The van der Waals surface area contributed by atoms with Gasteiger partial charge in [-0.15, -0.1) is 0 Å². The zero-order valence-corrected chi connectivity index (χ0v) is 9.62. The molecule has 0 radical (unpaired) electrons. The van der Waals surface area contributed by atoms with Crippen LogP contribution in [0, 0.1) is 40.9 Å². The van der Waals surface area contributed by atoms with Crippen LogP contribution in [0.2, 0.25) is 0 Å². The minimum absolute atomic E-state index is 0.939. The number of fused-ring (bicyclic) bond motifs is 5. The molecule has 1 spiro atoms. The van der Waals surface area contributed by atoms with Crippen molar-refractivity contribution in [2.75, 3.05) is 0 Å². The van der Waals surface area contributed by atoms with Gasteiger partial charge in [-0.1, -0.05) is 19.3 Å². The Hall–Kier alpha value is 0. The number of hydrogen-bond acceptors (Lipinski definition) is 0. The molecular weight excluding hydrogens is 180 g/mol. The average Bonchev–Trinajstić information content (AvgIpc) is 2.81. The highest BCUT2D eigenvalue weighted by Gasteiger charge is 2.73. The molecule has 0 saturated heterocycles. The Morgan fingerprint density at radius 2 is 1.53 bits per heavy atom. The molecule has 15 heavy (non-hydrogen) atoms. The average molecular weight is 202 g/mol. The normalized spacial score (nSPS) is 68.8. The van der Waals surface area contributed by atoms with Gasteiger partial charge in [0.2, 0.25) is 0 Å². The molecule has 0 aromatic heterocycles. The van der Waals surface area contributed by atoms with E-state index in [4.69, 9.17) is 0 Å². The maximum atomic E-state index is 1.68. The minimum atomic E-state index is 0.939. The number of hydrogen-bond donors (Lipinski definition) is 0. The van der Waals surface area contributed by atoms with Gasteiger partial charge in [-0.2, -0.15) is 0 Å². The molecule has 0 aliphatic heterocycles. The van der Waals surface area contributed by atoms with Crippen molar-refractivity contribution < 1.29 is 0 Å². The van der Waals surface area contributed by atoms with Crippen LogP contribution < -0.4 is 0 Å². The molecule has 0 amide bonds. The first-order valence-electron chi connectivity index (χ1n) is 7.38. The molecule has 5 rings (SSSR count). The molecule has 0 heteroatoms. The summed E-state index contributed by atoms with van der Waals surface area (Å²) in [6.45, 7) is 0. The molecule has 0 nitrogen and oxygen atoms in total. The maximum Gasteiger partial charge on any atom is -0.0230 e. The van der Waals surface area contributed by atoms with Crippen molar-refractivity contribution >= 4 is 0 Å². The van der Waals surface area contributed by atoms with E-state index in [2.05, 4.69) is 0 Å². The lowest BCUT2D eigenvalue weighted by molar-refractivity contribution is 0.156. The summed E-state index contributed by atoms with van der Waals surface area (Å²) in [5, 5.41) is 0. The molecule has 0 heterocycles. The molecular formula is C15H22. The van der Waals surface area contributed by atoms with Crippen molar-refractivity contribution in [3.05, 3.63) is 0 Å². The summed E-state index contributed by atoms with van der Waals surface area (Å²) in [4.78, 5) is 0. The summed E-state index contributed by atoms with van der Waals surface area (Å²) in [7, 11) is 0. The zero-order valence-electron chi connectivity index (χ0n) is 9.62. The van der Waals surface area contributed by atoms with Gasteiger partial charge < -0.3 is 0 Å². The van der Waals surface area contributed by atoms with Crippen LogP contribution in [-0.2, 0) is 0 Å². The van der Waals surface area contributed by atoms with E-state index in [1.54, 1.807) is 51.4 Å². The highest BCUT2D eigenvalue weighted by atomic mass is 14.8. The van der Waals surface area contributed by atoms with Crippen molar-refractivity contribution in [1.82, 2.24) is 0 Å². The highest BCUT2D eigenvalue weighted by Crippen LogP contribution is 2.80. The van der Waals surface area contributed by atoms with E-state index in [1.807, 2.05) is 0 Å². The third-order valence-corrected chi connectivity index (χ3v) is 7.25. The first-order valence-corrected chi connectivity index (χ1v) is 7.38. The third-order valence-electron chi connectivity index (χ3n) is 7.25. The van der Waals surface area contributed by atoms with Gasteiger partial charge >= 0.3 is 0 Å². The molecule has 5 fully saturated rings. The second kappa shape index (κ2) is 2.31. The minimum Gasteiger partial charge on any atom is -0.0530 e. The predicted molar refractivity (Wildman–Crippen MR) is 60.3 cm³/mol. The van der Waals surface area contributed by atoms with Crippen LogP contribution in [0.5, 0.6) is 0 Å². The molecule has 0 aromatic carbocycles. The topological polar surface area (TPSA) is 0 Å². The zero-order chi connectivity index (χ0) is 9.62. The Morgan fingerprint density at radius 3 is 2.47 bits per heavy atom. The van der Waals surface area contributed by atoms with Crippen LogP contribution in [0.3, 0.4) is 0 Å². The van der Waals surface area contributed by atoms with Gasteiger partial charge in [0.15, 0.2) is 0 Å². The van der Waals surface area contributed by atoms with E-state index in [0.29, 0.717) is 0 Å². The first-order chi connectivity index (χ1) is 7.38. The van der Waals surface area contributed by atoms with Crippen molar-refractivity contribution in [3.8, 4) is 0 Å². The van der Waals surface area contributed by atoms with E-state index < -0.39 is 0 Å². The van der Waals surface area contributed by atoms with Gasteiger partial charge in [-0.25, -0.2) is 0 Å². The first kappa shape index (κ1) is 8.14. The largest absolute Gasteiger partial charge is 0.0530 e. The summed E-state index contributed by atoms with van der Waals surface area (Å²) in [5.41, 5.74) is 0.939. The van der Waals surface area contributed by atoms with E-state index in [9.17, 15) is 0 Å². The fraction of sp³-hybridized carbons (Fsp3) is 1.00. The van der Waals surface area contributed by atoms with Crippen LogP contribution in [0.1, 0.15) is 51.4 Å². The standard InChI is InChI=1S/C15H22/c1-2-4-11-9(3-1)7-15-8-10(5-13(11)15)12-6-14(12)15/h9-14H,1-8H2/t9?,10?,11?,12-,13?,14-,15?/m0/s1. The lowest BCUT2D eigenvalue weighted by Crippen LogP contribution is -2.26. The lowest BCUT2D eigenvalue weighted by atomic mass is 9.72. The van der Waals surface area contributed by atoms with Gasteiger partial charge in [0.05, 0.1) is 0 Å². The van der Waals surface area contributed by atoms with Gasteiger partial charge in [0.1, 0.15) is 0 Å². The lowest BCUT2D eigenvalue weighted by Gasteiger charge is -2.33. The molecule has 7 atom stereocenters. The van der Waals surface area contributed by atoms with Gasteiger partial charge in [0, 0.05) is 0 Å². The van der Waals surface area contributed by atoms with Crippen molar-refractivity contribution in [1.29, 1.82) is 0 Å². The monoisotopic (exact) mass is 202 g/mol. The summed E-state index contributed by atoms with van der Waals surface area (Å²) >= 11 is 0. The van der Waals surface area contributed by atoms with Gasteiger partial charge in [-0.3, -0.25) is 0 Å². The van der Waals surface area contributed by atoms with Crippen molar-refractivity contribution in [2.45, 2.75) is 51.4 Å². The van der Waals surface area contributed by atoms with Gasteiger partial charge in [0.25, 0.3) is 0 Å². The second-order valence-corrected chi connectivity index (χ2v) is 7.46. The van der Waals surface area contributed by atoms with Crippen LogP contribution in [0.25, 0.3) is 0 Å². The summed E-state index contributed by atoms with van der Waals surface area (Å²) in [6.07, 6.45) is 13.0. The molecule has 2 bridgehead atoms. The van der Waals surface area contributed by atoms with Crippen LogP contribution >= 0.6 is 0 Å². The van der Waals surface area contributed by atoms with E-state index in [1.165, 1.54) is 35.5 Å².